The van der Waals surface area contributed by atoms with Crippen molar-refractivity contribution in [1.82, 2.24) is 14.5 Å². The molecule has 0 spiro atoms. The molecule has 322 valence electrons. The molecule has 0 aliphatic heterocycles. The molecule has 14 rings (SSSR count). The fourth-order valence-electron chi connectivity index (χ4n) is 11.0. The third kappa shape index (κ3) is 6.65. The van der Waals surface area contributed by atoms with Crippen LogP contribution in [0.2, 0.25) is 0 Å². The molecule has 0 amide bonds. The Hall–Kier alpha value is -8.92. The Balaban J connectivity index is 0.781. The normalized spacial score (nSPS) is 13.9. The molecule has 0 saturated carbocycles. The van der Waals surface area contributed by atoms with Gasteiger partial charge < -0.3 is 4.57 Å². The molecule has 3 nitrogen and oxygen atoms in total. The summed E-state index contributed by atoms with van der Waals surface area (Å²) >= 11 is 0. The molecule has 13 aromatic rings. The zero-order valence-electron chi connectivity index (χ0n) is 37.7. The summed E-state index contributed by atoms with van der Waals surface area (Å²) in [5, 5.41) is 12.2. The minimum Gasteiger partial charge on any atom is -0.309 e. The van der Waals surface area contributed by atoms with Gasteiger partial charge in [0.1, 0.15) is 0 Å². The van der Waals surface area contributed by atoms with Gasteiger partial charge in [-0.2, -0.15) is 0 Å². The van der Waals surface area contributed by atoms with E-state index in [1.807, 2.05) is 6.20 Å². The van der Waals surface area contributed by atoms with E-state index >= 15 is 0 Å². The van der Waals surface area contributed by atoms with Crippen LogP contribution in [0.15, 0.2) is 243 Å². The van der Waals surface area contributed by atoms with Crippen molar-refractivity contribution in [3.8, 4) is 39.2 Å². The lowest BCUT2D eigenvalue weighted by molar-refractivity contribution is 0.857. The number of benzene rings is 11. The first-order valence-corrected chi connectivity index (χ1v) is 23.9. The van der Waals surface area contributed by atoms with Crippen molar-refractivity contribution in [2.75, 3.05) is 0 Å². The highest BCUT2D eigenvalue weighted by Crippen LogP contribution is 2.40. The number of aromatic nitrogens is 3. The van der Waals surface area contributed by atoms with Crippen LogP contribution in [0.25, 0.3) is 121 Å². The Morgan fingerprint density at radius 1 is 0.391 bits per heavy atom. The van der Waals surface area contributed by atoms with Crippen LogP contribution >= 0.6 is 0 Å². The zero-order chi connectivity index (χ0) is 45.4. The van der Waals surface area contributed by atoms with Crippen LogP contribution < -0.4 is 0 Å². The Labute approximate surface area is 399 Å². The summed E-state index contributed by atoms with van der Waals surface area (Å²) in [5.41, 5.74) is 16.0. The number of hydrogen-bond acceptors (Lipinski definition) is 2. The smallest absolute Gasteiger partial charge is 0.0979 e. The first-order chi connectivity index (χ1) is 34.2. The second kappa shape index (κ2) is 15.9. The van der Waals surface area contributed by atoms with Crippen molar-refractivity contribution in [3.05, 3.63) is 254 Å². The summed E-state index contributed by atoms with van der Waals surface area (Å²) in [6.07, 6.45) is 9.91. The molecule has 0 bridgehead atoms. The van der Waals surface area contributed by atoms with Crippen LogP contribution in [0.1, 0.15) is 23.5 Å². The van der Waals surface area contributed by atoms with Gasteiger partial charge in [0.25, 0.3) is 0 Å². The Bertz CT molecular complexity index is 4110. The third-order valence-electron chi connectivity index (χ3n) is 14.5. The maximum absolute atomic E-state index is 5.28. The van der Waals surface area contributed by atoms with Crippen molar-refractivity contribution >= 4 is 81.5 Å². The number of hydrogen-bond donors (Lipinski definition) is 0. The van der Waals surface area contributed by atoms with Crippen LogP contribution in [0.3, 0.4) is 0 Å². The molecule has 1 aliphatic rings. The lowest BCUT2D eigenvalue weighted by Crippen LogP contribution is -2.00. The molecule has 0 fully saturated rings. The highest BCUT2D eigenvalue weighted by atomic mass is 15.0. The zero-order valence-corrected chi connectivity index (χ0v) is 37.7. The Morgan fingerprint density at radius 2 is 0.928 bits per heavy atom. The molecule has 69 heavy (non-hydrogen) atoms. The second-order valence-electron chi connectivity index (χ2n) is 18.5. The summed E-state index contributed by atoms with van der Waals surface area (Å²) in [7, 11) is 0. The molecular formula is C66H43N3. The number of nitrogens with zero attached hydrogens (tertiary/aromatic N) is 3. The predicted octanol–water partition coefficient (Wildman–Crippen LogP) is 17.5. The molecule has 1 atom stereocenters. The standard InChI is InChI=1S/C66H43N3/c1-3-12-47-36-50(26-24-42(47)10-1)52-30-34-63-60(39-52)61-40-53(51-27-25-43-11-2-4-13-48(43)37-51)31-35-64(61)69(63)55-32-28-45(29-33-55)44-20-22-46(23-21-44)49-14-9-15-54(38-49)62-41-67-65-58-18-7-5-16-56(58)57-17-6-8-19-59(57)66(65)68-62/h1-22,24-41,46H,23H2. The molecular weight excluding hydrogens is 835 g/mol. The van der Waals surface area contributed by atoms with Crippen molar-refractivity contribution < 1.29 is 0 Å². The van der Waals surface area contributed by atoms with Crippen LogP contribution in [0, 0.1) is 0 Å². The van der Waals surface area contributed by atoms with Gasteiger partial charge in [0.15, 0.2) is 0 Å². The molecule has 2 heterocycles. The fourth-order valence-corrected chi connectivity index (χ4v) is 11.0. The van der Waals surface area contributed by atoms with Crippen molar-refractivity contribution in [3.63, 3.8) is 0 Å². The van der Waals surface area contributed by atoms with Gasteiger partial charge in [-0.25, -0.2) is 4.98 Å². The van der Waals surface area contributed by atoms with Crippen molar-refractivity contribution in [2.24, 2.45) is 0 Å². The molecule has 3 heteroatoms. The molecule has 11 aromatic carbocycles. The van der Waals surface area contributed by atoms with E-state index in [1.165, 1.54) is 93.1 Å². The number of rotatable bonds is 6. The summed E-state index contributed by atoms with van der Waals surface area (Å²) in [5.74, 6) is 0.266. The van der Waals surface area contributed by atoms with E-state index < -0.39 is 0 Å². The average Bonchev–Trinajstić information content (AvgIpc) is 3.76. The van der Waals surface area contributed by atoms with Gasteiger partial charge in [0.2, 0.25) is 0 Å². The van der Waals surface area contributed by atoms with Crippen molar-refractivity contribution in [1.29, 1.82) is 0 Å². The summed E-state index contributed by atoms with van der Waals surface area (Å²) in [4.78, 5) is 10.3. The predicted molar refractivity (Wildman–Crippen MR) is 291 cm³/mol. The maximum atomic E-state index is 5.28. The van der Waals surface area contributed by atoms with Gasteiger partial charge in [0.05, 0.1) is 34.0 Å². The first-order valence-electron chi connectivity index (χ1n) is 23.9. The number of fused-ring (bicyclic) bond motifs is 11. The van der Waals surface area contributed by atoms with E-state index in [0.717, 1.165) is 45.2 Å². The monoisotopic (exact) mass is 877 g/mol. The molecule has 0 N–H and O–H groups in total. The van der Waals surface area contributed by atoms with Crippen LogP contribution in [-0.2, 0) is 0 Å². The van der Waals surface area contributed by atoms with E-state index in [0.29, 0.717) is 0 Å². The van der Waals surface area contributed by atoms with Crippen molar-refractivity contribution in [2.45, 2.75) is 12.3 Å². The lowest BCUT2D eigenvalue weighted by atomic mass is 9.87. The maximum Gasteiger partial charge on any atom is 0.0979 e. The summed E-state index contributed by atoms with van der Waals surface area (Å²) in [6, 6.07) is 79.8. The molecule has 0 saturated heterocycles. The third-order valence-corrected chi connectivity index (χ3v) is 14.5. The van der Waals surface area contributed by atoms with Gasteiger partial charge in [0, 0.05) is 38.7 Å². The molecule has 1 aliphatic carbocycles. The minimum atomic E-state index is 0.266. The molecule has 2 aromatic heterocycles. The number of allylic oxidation sites excluding steroid dienone is 4. The quantitative estimate of drug-likeness (QED) is 0.156. The van der Waals surface area contributed by atoms with Gasteiger partial charge in [-0.1, -0.05) is 182 Å². The van der Waals surface area contributed by atoms with E-state index in [9.17, 15) is 0 Å². The van der Waals surface area contributed by atoms with E-state index in [4.69, 9.17) is 9.97 Å². The summed E-state index contributed by atoms with van der Waals surface area (Å²) in [6.45, 7) is 0. The van der Waals surface area contributed by atoms with E-state index in [1.54, 1.807) is 0 Å². The highest BCUT2D eigenvalue weighted by molar-refractivity contribution is 6.23. The van der Waals surface area contributed by atoms with Gasteiger partial charge in [-0.05, 0) is 132 Å². The van der Waals surface area contributed by atoms with Crippen LogP contribution in [0.4, 0.5) is 0 Å². The van der Waals surface area contributed by atoms with E-state index in [2.05, 4.69) is 241 Å². The first kappa shape index (κ1) is 39.3. The fraction of sp³-hybridized carbons (Fsp3) is 0.0303. The van der Waals surface area contributed by atoms with Crippen LogP contribution in [-0.4, -0.2) is 14.5 Å². The molecule has 1 unspecified atom stereocenters. The second-order valence-corrected chi connectivity index (χ2v) is 18.5. The largest absolute Gasteiger partial charge is 0.309 e. The van der Waals surface area contributed by atoms with Crippen LogP contribution in [0.5, 0.6) is 0 Å². The minimum absolute atomic E-state index is 0.266. The SMILES string of the molecule is C1=CC(c2cccc(-c3cnc4c5ccccc5c5ccccc5c4n3)c2)CC=C1c1ccc(-n2c3ccc(-c4ccc5ccccc5c4)cc3c3cc(-c4ccc5ccccc5c4)ccc32)cc1. The average molecular weight is 878 g/mol. The van der Waals surface area contributed by atoms with Gasteiger partial charge in [-0.15, -0.1) is 0 Å². The molecule has 0 radical (unpaired) electrons. The summed E-state index contributed by atoms with van der Waals surface area (Å²) < 4.78 is 2.43. The topological polar surface area (TPSA) is 30.7 Å². The van der Waals surface area contributed by atoms with Gasteiger partial charge >= 0.3 is 0 Å². The Morgan fingerprint density at radius 3 is 1.54 bits per heavy atom. The highest BCUT2D eigenvalue weighted by Gasteiger charge is 2.18. The lowest BCUT2D eigenvalue weighted by Gasteiger charge is -2.18. The van der Waals surface area contributed by atoms with Gasteiger partial charge in [-0.3, -0.25) is 4.98 Å². The Kier molecular flexibility index (Phi) is 9.03. The van der Waals surface area contributed by atoms with E-state index in [-0.39, 0.29) is 5.92 Å².